The zero-order chi connectivity index (χ0) is 25.7. The molecule has 7 nitrogen and oxygen atoms in total. The van der Waals surface area contributed by atoms with Gasteiger partial charge in [-0.25, -0.2) is 0 Å². The van der Waals surface area contributed by atoms with Crippen LogP contribution in [0.5, 0.6) is 0 Å². The van der Waals surface area contributed by atoms with Crippen molar-refractivity contribution in [3.8, 4) is 11.1 Å². The van der Waals surface area contributed by atoms with Crippen LogP contribution in [-0.2, 0) is 14.4 Å². The van der Waals surface area contributed by atoms with Gasteiger partial charge in [0.15, 0.2) is 0 Å². The highest BCUT2D eigenvalue weighted by Crippen LogP contribution is 2.30. The molecule has 2 N–H and O–H groups in total. The zero-order valence-corrected chi connectivity index (χ0v) is 21.4. The quantitative estimate of drug-likeness (QED) is 0.544. The number of pyridine rings is 1. The van der Waals surface area contributed by atoms with Gasteiger partial charge in [0.1, 0.15) is 6.04 Å². The second-order valence-electron chi connectivity index (χ2n) is 10.3. The van der Waals surface area contributed by atoms with Crippen LogP contribution in [0.3, 0.4) is 0 Å². The van der Waals surface area contributed by atoms with Crippen LogP contribution in [0, 0.1) is 25.7 Å². The first kappa shape index (κ1) is 26.4. The first-order valence-corrected chi connectivity index (χ1v) is 12.4. The predicted octanol–water partition coefficient (Wildman–Crippen LogP) is 4.67. The lowest BCUT2D eigenvalue weighted by molar-refractivity contribution is -0.145. The van der Waals surface area contributed by atoms with Crippen molar-refractivity contribution in [1.29, 1.82) is 0 Å². The maximum Gasteiger partial charge on any atom is 0.305 e. The third kappa shape index (κ3) is 6.68. The van der Waals surface area contributed by atoms with Crippen LogP contribution < -0.4 is 5.32 Å². The zero-order valence-electron chi connectivity index (χ0n) is 21.4. The van der Waals surface area contributed by atoms with Crippen molar-refractivity contribution < 1.29 is 19.5 Å². The first-order valence-electron chi connectivity index (χ1n) is 12.4. The van der Waals surface area contributed by atoms with Crippen LogP contribution >= 0.6 is 0 Å². The minimum atomic E-state index is -1.02. The molecule has 7 heteroatoms. The standard InChI is InChI=1S/C28H37N3O4/c1-17(2)11-24(31-10-9-18(3)12-25(31)32)28(35)30-23(14-26(33)34)21-13-22(16-29-15-21)27-19(4)7-6-8-20(27)5/h6-8,13,15-18,23-24H,9-12,14H2,1-5H3,(H,30,35)(H,33,34)/t18?,23-,24+/m0/s1. The molecule has 2 amide bonds. The minimum absolute atomic E-state index is 0.0157. The van der Waals surface area contributed by atoms with Crippen molar-refractivity contribution in [3.05, 3.63) is 53.3 Å². The average Bonchev–Trinajstić information content (AvgIpc) is 2.77. The Morgan fingerprint density at radius 2 is 1.89 bits per heavy atom. The number of hydrogen-bond acceptors (Lipinski definition) is 4. The van der Waals surface area contributed by atoms with Crippen molar-refractivity contribution in [2.24, 2.45) is 11.8 Å². The number of carbonyl (C=O) groups is 3. The molecular weight excluding hydrogens is 442 g/mol. The monoisotopic (exact) mass is 479 g/mol. The fraction of sp³-hybridized carbons (Fsp3) is 0.500. The van der Waals surface area contributed by atoms with E-state index in [9.17, 15) is 19.5 Å². The molecule has 1 aliphatic heterocycles. The number of carboxylic acids is 1. The van der Waals surface area contributed by atoms with Gasteiger partial charge in [-0.3, -0.25) is 19.4 Å². The van der Waals surface area contributed by atoms with Crippen LogP contribution in [0.25, 0.3) is 11.1 Å². The maximum absolute atomic E-state index is 13.5. The van der Waals surface area contributed by atoms with Gasteiger partial charge in [-0.1, -0.05) is 39.0 Å². The Bertz CT molecular complexity index is 1060. The van der Waals surface area contributed by atoms with Crippen LogP contribution in [0.1, 0.15) is 69.2 Å². The summed E-state index contributed by atoms with van der Waals surface area (Å²) < 4.78 is 0. The molecular formula is C28H37N3O4. The van der Waals surface area contributed by atoms with E-state index in [1.165, 1.54) is 0 Å². The topological polar surface area (TPSA) is 99.6 Å². The van der Waals surface area contributed by atoms with Gasteiger partial charge in [0.25, 0.3) is 0 Å². The van der Waals surface area contributed by atoms with E-state index >= 15 is 0 Å². The Labute approximate surface area is 207 Å². The van der Waals surface area contributed by atoms with Crippen LogP contribution in [-0.4, -0.2) is 45.4 Å². The number of amides is 2. The van der Waals surface area contributed by atoms with Gasteiger partial charge in [0.2, 0.25) is 11.8 Å². The molecule has 1 unspecified atom stereocenters. The number of piperidine rings is 1. The van der Waals surface area contributed by atoms with Crippen LogP contribution in [0.15, 0.2) is 36.7 Å². The molecule has 1 saturated heterocycles. The van der Waals surface area contributed by atoms with Gasteiger partial charge in [-0.05, 0) is 66.8 Å². The number of likely N-dealkylation sites (tertiary alicyclic amines) is 1. The summed E-state index contributed by atoms with van der Waals surface area (Å²) in [7, 11) is 0. The van der Waals surface area contributed by atoms with Gasteiger partial charge in [-0.2, -0.15) is 0 Å². The van der Waals surface area contributed by atoms with E-state index in [1.807, 2.05) is 58.9 Å². The number of hydrogen-bond donors (Lipinski definition) is 2. The molecule has 3 rings (SSSR count). The predicted molar refractivity (Wildman–Crippen MR) is 136 cm³/mol. The lowest BCUT2D eigenvalue weighted by atomic mass is 9.93. The van der Waals surface area contributed by atoms with Gasteiger partial charge >= 0.3 is 5.97 Å². The summed E-state index contributed by atoms with van der Waals surface area (Å²) in [6.45, 7) is 10.7. The molecule has 1 aromatic carbocycles. The highest BCUT2D eigenvalue weighted by atomic mass is 16.4. The van der Waals surface area contributed by atoms with Gasteiger partial charge < -0.3 is 15.3 Å². The van der Waals surface area contributed by atoms with Crippen molar-refractivity contribution >= 4 is 17.8 Å². The summed E-state index contributed by atoms with van der Waals surface area (Å²) in [6.07, 6.45) is 4.90. The summed E-state index contributed by atoms with van der Waals surface area (Å²) in [4.78, 5) is 44.1. The third-order valence-electron chi connectivity index (χ3n) is 6.71. The number of aromatic nitrogens is 1. The van der Waals surface area contributed by atoms with E-state index in [1.54, 1.807) is 17.3 Å². The fourth-order valence-corrected chi connectivity index (χ4v) is 4.90. The van der Waals surface area contributed by atoms with E-state index in [2.05, 4.69) is 10.3 Å². The number of benzene rings is 1. The second kappa shape index (κ2) is 11.5. The number of carbonyl (C=O) groups excluding carboxylic acids is 2. The van der Waals surface area contributed by atoms with Crippen molar-refractivity contribution in [2.75, 3.05) is 6.54 Å². The molecule has 0 saturated carbocycles. The highest BCUT2D eigenvalue weighted by Gasteiger charge is 2.35. The molecule has 1 aromatic heterocycles. The first-order chi connectivity index (χ1) is 16.6. The van der Waals surface area contributed by atoms with Crippen molar-refractivity contribution in [1.82, 2.24) is 15.2 Å². The van der Waals surface area contributed by atoms with Gasteiger partial charge in [0, 0.05) is 30.9 Å². The molecule has 0 bridgehead atoms. The molecule has 2 heterocycles. The summed E-state index contributed by atoms with van der Waals surface area (Å²) in [5.74, 6) is -0.843. The van der Waals surface area contributed by atoms with Gasteiger partial charge in [0.05, 0.1) is 12.5 Å². The summed E-state index contributed by atoms with van der Waals surface area (Å²) in [6, 6.07) is 6.57. The second-order valence-corrected chi connectivity index (χ2v) is 10.3. The Kier molecular flexibility index (Phi) is 8.65. The normalized spacial score (nSPS) is 17.8. The minimum Gasteiger partial charge on any atom is -0.481 e. The summed E-state index contributed by atoms with van der Waals surface area (Å²) >= 11 is 0. The molecule has 1 fully saturated rings. The van der Waals surface area contributed by atoms with E-state index < -0.39 is 18.1 Å². The fourth-order valence-electron chi connectivity index (χ4n) is 4.90. The Morgan fingerprint density at radius 1 is 1.20 bits per heavy atom. The highest BCUT2D eigenvalue weighted by molar-refractivity contribution is 5.88. The SMILES string of the molecule is Cc1cccc(C)c1-c1cncc([C@H](CC(=O)O)NC(=O)[C@@H](CC(C)C)N2CCC(C)CC2=O)c1. The Morgan fingerprint density at radius 3 is 2.49 bits per heavy atom. The van der Waals surface area contributed by atoms with Crippen LogP contribution in [0.2, 0.25) is 0 Å². The van der Waals surface area contributed by atoms with E-state index in [0.29, 0.717) is 30.9 Å². The number of nitrogens with one attached hydrogen (secondary N) is 1. The van der Waals surface area contributed by atoms with Gasteiger partial charge in [-0.15, -0.1) is 0 Å². The van der Waals surface area contributed by atoms with E-state index in [4.69, 9.17) is 0 Å². The number of nitrogens with zero attached hydrogens (tertiary/aromatic N) is 2. The van der Waals surface area contributed by atoms with Crippen molar-refractivity contribution in [3.63, 3.8) is 0 Å². The molecule has 35 heavy (non-hydrogen) atoms. The molecule has 3 atom stereocenters. The molecule has 0 radical (unpaired) electrons. The molecule has 188 valence electrons. The smallest absolute Gasteiger partial charge is 0.305 e. The average molecular weight is 480 g/mol. The molecule has 0 aliphatic carbocycles. The van der Waals surface area contributed by atoms with E-state index in [-0.39, 0.29) is 24.2 Å². The maximum atomic E-state index is 13.5. The lowest BCUT2D eigenvalue weighted by Gasteiger charge is -2.37. The Hall–Kier alpha value is -3.22. The summed E-state index contributed by atoms with van der Waals surface area (Å²) in [5, 5.41) is 12.6. The van der Waals surface area contributed by atoms with Crippen molar-refractivity contribution in [2.45, 2.75) is 72.4 Å². The van der Waals surface area contributed by atoms with Crippen LogP contribution in [0.4, 0.5) is 0 Å². The number of rotatable bonds is 9. The third-order valence-corrected chi connectivity index (χ3v) is 6.71. The van der Waals surface area contributed by atoms with E-state index in [0.717, 1.165) is 28.7 Å². The largest absolute Gasteiger partial charge is 0.481 e. The Balaban J connectivity index is 1.91. The molecule has 0 spiro atoms. The number of aliphatic carboxylic acids is 1. The number of aryl methyl sites for hydroxylation is 2. The number of carboxylic acid groups (broad SMARTS) is 1. The molecule has 1 aliphatic rings. The lowest BCUT2D eigenvalue weighted by Crippen LogP contribution is -2.53. The summed E-state index contributed by atoms with van der Waals surface area (Å²) in [5.41, 5.74) is 4.74. The molecule has 2 aromatic rings.